The van der Waals surface area contributed by atoms with Crippen molar-refractivity contribution in [3.05, 3.63) is 12.2 Å². The van der Waals surface area contributed by atoms with E-state index in [1.165, 1.54) is 6.92 Å². The van der Waals surface area contributed by atoms with Crippen LogP contribution < -0.4 is 0 Å². The third-order valence-electron chi connectivity index (χ3n) is 0.406. The van der Waals surface area contributed by atoms with Gasteiger partial charge in [-0.05, 0) is 6.92 Å². The van der Waals surface area contributed by atoms with E-state index in [-0.39, 0.29) is 5.57 Å². The van der Waals surface area contributed by atoms with Gasteiger partial charge in [-0.15, -0.1) is 0 Å². The highest BCUT2D eigenvalue weighted by Gasteiger charge is 1.90. The van der Waals surface area contributed by atoms with Gasteiger partial charge in [0.25, 0.3) is 6.08 Å². The summed E-state index contributed by atoms with van der Waals surface area (Å²) in [5.74, 6) is -0.935. The van der Waals surface area contributed by atoms with Crippen LogP contribution in [0.4, 0.5) is 0 Å². The summed E-state index contributed by atoms with van der Waals surface area (Å²) < 4.78 is 0. The molecule has 0 fully saturated rings. The summed E-state index contributed by atoms with van der Waals surface area (Å²) in [5, 5.41) is 16.9. The molecule has 0 aromatic carbocycles. The second kappa shape index (κ2) is 7.39. The van der Waals surface area contributed by atoms with Crippen molar-refractivity contribution in [2.45, 2.75) is 6.92 Å². The standard InChI is InChI=1S/C4H6O2.CHNO2/c1-3(2)4(5)6;3-1-2-4/h1H2,2H3,(H,5,6);4H. The molecular formula is C5H7NO4. The summed E-state index contributed by atoms with van der Waals surface area (Å²) in [4.78, 5) is 18.2. The van der Waals surface area contributed by atoms with Gasteiger partial charge in [-0.1, -0.05) is 6.58 Å². The van der Waals surface area contributed by atoms with Crippen molar-refractivity contribution in [2.24, 2.45) is 5.16 Å². The molecule has 0 aliphatic rings. The molecule has 0 rings (SSSR count). The quantitative estimate of drug-likeness (QED) is 0.183. The number of carbonyl (C=O) groups is 1. The van der Waals surface area contributed by atoms with Gasteiger partial charge in [-0.25, -0.2) is 9.59 Å². The lowest BCUT2D eigenvalue weighted by atomic mass is 10.4. The average Bonchev–Trinajstić information content (AvgIpc) is 1.89. The maximum absolute atomic E-state index is 9.60. The fourth-order valence-corrected chi connectivity index (χ4v) is 0. The minimum absolute atomic E-state index is 0.176. The molecule has 0 aromatic rings. The fraction of sp³-hybridized carbons (Fsp3) is 0.200. The summed E-state index contributed by atoms with van der Waals surface area (Å²) in [6.45, 7) is 4.60. The number of hydrogen-bond donors (Lipinski definition) is 2. The van der Waals surface area contributed by atoms with E-state index in [9.17, 15) is 4.79 Å². The molecule has 0 saturated carbocycles. The Morgan fingerprint density at radius 3 is 1.90 bits per heavy atom. The summed E-state index contributed by atoms with van der Waals surface area (Å²) >= 11 is 0. The maximum Gasteiger partial charge on any atom is 0.330 e. The molecule has 2 N–H and O–H groups in total. The molecule has 0 aliphatic heterocycles. The number of carboxylic acid groups (broad SMARTS) is 1. The van der Waals surface area contributed by atoms with Crippen LogP contribution in [0.15, 0.2) is 17.3 Å². The Morgan fingerprint density at radius 1 is 1.70 bits per heavy atom. The van der Waals surface area contributed by atoms with E-state index in [1.807, 2.05) is 5.16 Å². The summed E-state index contributed by atoms with van der Waals surface area (Å²) in [6, 6.07) is 0. The molecule has 0 spiro atoms. The van der Waals surface area contributed by atoms with Crippen molar-refractivity contribution < 1.29 is 19.9 Å². The first-order valence-corrected chi connectivity index (χ1v) is 2.16. The molecule has 0 aromatic heterocycles. The second-order valence-corrected chi connectivity index (χ2v) is 1.28. The van der Waals surface area contributed by atoms with E-state index < -0.39 is 5.97 Å². The highest BCUT2D eigenvalue weighted by Crippen LogP contribution is 1.81. The number of rotatable bonds is 1. The third kappa shape index (κ3) is 16.2. The molecule has 0 heterocycles. The lowest BCUT2D eigenvalue weighted by Gasteiger charge is -1.79. The van der Waals surface area contributed by atoms with Crippen LogP contribution in [-0.2, 0) is 9.59 Å². The minimum atomic E-state index is -0.935. The molecule has 0 radical (unpaired) electrons. The van der Waals surface area contributed by atoms with Gasteiger partial charge in [0.15, 0.2) is 0 Å². The molecule has 0 aliphatic carbocycles. The van der Waals surface area contributed by atoms with Crippen LogP contribution in [0.3, 0.4) is 0 Å². The van der Waals surface area contributed by atoms with Crippen LogP contribution >= 0.6 is 0 Å². The van der Waals surface area contributed by atoms with Crippen molar-refractivity contribution in [3.63, 3.8) is 0 Å². The highest BCUT2D eigenvalue weighted by molar-refractivity contribution is 5.84. The fourth-order valence-electron chi connectivity index (χ4n) is 0. The largest absolute Gasteiger partial charge is 0.478 e. The van der Waals surface area contributed by atoms with Crippen LogP contribution in [0.2, 0.25) is 0 Å². The van der Waals surface area contributed by atoms with Gasteiger partial charge in [0.05, 0.1) is 0 Å². The lowest BCUT2D eigenvalue weighted by molar-refractivity contribution is -0.132. The Labute approximate surface area is 57.3 Å². The van der Waals surface area contributed by atoms with Gasteiger partial charge in [0.2, 0.25) is 0 Å². The van der Waals surface area contributed by atoms with Gasteiger partial charge in [-0.2, -0.15) is 0 Å². The van der Waals surface area contributed by atoms with Gasteiger partial charge in [-0.3, -0.25) is 0 Å². The van der Waals surface area contributed by atoms with Crippen LogP contribution in [0.25, 0.3) is 0 Å². The van der Waals surface area contributed by atoms with Gasteiger partial charge in [0, 0.05) is 10.7 Å². The molecule has 0 unspecified atom stereocenters. The van der Waals surface area contributed by atoms with E-state index in [4.69, 9.17) is 15.1 Å². The smallest absolute Gasteiger partial charge is 0.330 e. The van der Waals surface area contributed by atoms with E-state index in [2.05, 4.69) is 6.58 Å². The summed E-state index contributed by atoms with van der Waals surface area (Å²) in [5.41, 5.74) is 0.176. The van der Waals surface area contributed by atoms with Crippen LogP contribution in [0, 0.1) is 0 Å². The monoisotopic (exact) mass is 145 g/mol. The van der Waals surface area contributed by atoms with Gasteiger partial charge < -0.3 is 10.3 Å². The zero-order chi connectivity index (χ0) is 8.57. The molecule has 10 heavy (non-hydrogen) atoms. The SMILES string of the molecule is C=C(C)C(=O)O.O=C=NO. The zero-order valence-corrected chi connectivity index (χ0v) is 5.37. The van der Waals surface area contributed by atoms with E-state index in [0.29, 0.717) is 0 Å². The second-order valence-electron chi connectivity index (χ2n) is 1.28. The molecule has 5 heteroatoms. The molecule has 0 amide bonds. The van der Waals surface area contributed by atoms with Crippen molar-refractivity contribution >= 4 is 12.0 Å². The Kier molecular flexibility index (Phi) is 8.29. The summed E-state index contributed by atoms with van der Waals surface area (Å²) in [6.07, 6.45) is 0.861. The average molecular weight is 145 g/mol. The van der Waals surface area contributed by atoms with Gasteiger partial charge >= 0.3 is 5.97 Å². The van der Waals surface area contributed by atoms with Gasteiger partial charge in [0.1, 0.15) is 0 Å². The van der Waals surface area contributed by atoms with E-state index in [1.54, 1.807) is 0 Å². The first-order valence-electron chi connectivity index (χ1n) is 2.16. The molecular weight excluding hydrogens is 138 g/mol. The Hall–Kier alpha value is -1.61. The predicted octanol–water partition coefficient (Wildman–Crippen LogP) is 0.358. The van der Waals surface area contributed by atoms with E-state index in [0.717, 1.165) is 6.08 Å². The molecule has 0 saturated heterocycles. The van der Waals surface area contributed by atoms with Crippen LogP contribution in [-0.4, -0.2) is 22.4 Å². The minimum Gasteiger partial charge on any atom is -0.478 e. The van der Waals surface area contributed by atoms with Crippen molar-refractivity contribution in [1.82, 2.24) is 0 Å². The van der Waals surface area contributed by atoms with Crippen molar-refractivity contribution in [1.29, 1.82) is 0 Å². The number of isocyanates is 1. The maximum atomic E-state index is 9.60. The molecule has 0 atom stereocenters. The number of nitrogens with zero attached hydrogens (tertiary/aromatic N) is 1. The van der Waals surface area contributed by atoms with Crippen molar-refractivity contribution in [3.8, 4) is 0 Å². The first kappa shape index (κ1) is 11.2. The predicted molar refractivity (Wildman–Crippen MR) is 32.4 cm³/mol. The Morgan fingerprint density at radius 2 is 1.90 bits per heavy atom. The topological polar surface area (TPSA) is 87.0 Å². The number of hydrogen-bond acceptors (Lipinski definition) is 4. The zero-order valence-electron chi connectivity index (χ0n) is 5.37. The normalized spacial score (nSPS) is 6.10. The van der Waals surface area contributed by atoms with Crippen molar-refractivity contribution in [2.75, 3.05) is 0 Å². The third-order valence-corrected chi connectivity index (χ3v) is 0.406. The summed E-state index contributed by atoms with van der Waals surface area (Å²) in [7, 11) is 0. The molecule has 56 valence electrons. The molecule has 0 bridgehead atoms. The first-order chi connectivity index (χ1) is 4.56. The highest BCUT2D eigenvalue weighted by atomic mass is 16.4. The Balaban J connectivity index is 0. The van der Waals surface area contributed by atoms with Crippen LogP contribution in [0.5, 0.6) is 0 Å². The van der Waals surface area contributed by atoms with E-state index >= 15 is 0 Å². The number of carbonyl (C=O) groups excluding carboxylic acids is 1. The van der Waals surface area contributed by atoms with Crippen LogP contribution in [0.1, 0.15) is 6.92 Å². The number of aliphatic carboxylic acids is 1. The molecule has 5 nitrogen and oxygen atoms in total. The number of carboxylic acids is 1. The Bertz CT molecular complexity index is 156. The lowest BCUT2D eigenvalue weighted by Crippen LogP contribution is -1.92.